The van der Waals surface area contributed by atoms with Crippen LogP contribution in [-0.2, 0) is 13.1 Å². The minimum atomic E-state index is -0.319. The van der Waals surface area contributed by atoms with Crippen molar-refractivity contribution in [3.63, 3.8) is 0 Å². The first kappa shape index (κ1) is 17.4. The van der Waals surface area contributed by atoms with Crippen LogP contribution in [0.5, 0.6) is 0 Å². The van der Waals surface area contributed by atoms with Crippen molar-refractivity contribution in [2.75, 3.05) is 6.54 Å². The summed E-state index contributed by atoms with van der Waals surface area (Å²) in [5.41, 5.74) is 1.16. The van der Waals surface area contributed by atoms with Crippen LogP contribution in [0.15, 0.2) is 30.3 Å². The fourth-order valence-corrected chi connectivity index (χ4v) is 5.00. The summed E-state index contributed by atoms with van der Waals surface area (Å²) in [5, 5.41) is 7.47. The highest BCUT2D eigenvalue weighted by Crippen LogP contribution is 2.44. The van der Waals surface area contributed by atoms with E-state index in [1.807, 2.05) is 0 Å². The van der Waals surface area contributed by atoms with E-state index in [2.05, 4.69) is 10.4 Å². The van der Waals surface area contributed by atoms with Gasteiger partial charge in [-0.3, -0.25) is 14.3 Å². The molecular weight excluding hydrogens is 359 g/mol. The lowest BCUT2D eigenvalue weighted by molar-refractivity contribution is 0.0681. The summed E-state index contributed by atoms with van der Waals surface area (Å²) in [6, 6.07) is 8.27. The second-order valence-corrected chi connectivity index (χ2v) is 8.21. The fourth-order valence-electron chi connectivity index (χ4n) is 5.00. The van der Waals surface area contributed by atoms with Crippen molar-refractivity contribution >= 4 is 11.8 Å². The number of hydrogen-bond donors (Lipinski definition) is 1. The number of halogens is 1. The van der Waals surface area contributed by atoms with Gasteiger partial charge in [0.15, 0.2) is 5.69 Å². The summed E-state index contributed by atoms with van der Waals surface area (Å²) in [4.78, 5) is 27.1. The molecule has 1 aromatic carbocycles. The van der Waals surface area contributed by atoms with E-state index in [1.54, 1.807) is 33.8 Å². The van der Waals surface area contributed by atoms with Crippen LogP contribution in [0.2, 0.25) is 0 Å². The van der Waals surface area contributed by atoms with Crippen molar-refractivity contribution in [3.8, 4) is 0 Å². The van der Waals surface area contributed by atoms with Crippen LogP contribution in [0.1, 0.15) is 52.2 Å². The molecule has 2 fully saturated rings. The first-order valence-electron chi connectivity index (χ1n) is 10.00. The molecule has 1 aromatic heterocycles. The predicted molar refractivity (Wildman–Crippen MR) is 100 cm³/mol. The maximum atomic E-state index is 13.9. The van der Waals surface area contributed by atoms with Crippen LogP contribution in [-0.4, -0.2) is 39.1 Å². The minimum absolute atomic E-state index is 0.201. The second-order valence-electron chi connectivity index (χ2n) is 8.21. The summed E-state index contributed by atoms with van der Waals surface area (Å²) in [7, 11) is 0. The molecule has 0 spiro atoms. The van der Waals surface area contributed by atoms with Crippen LogP contribution in [0.3, 0.4) is 0 Å². The molecule has 146 valence electrons. The Balaban J connectivity index is 1.30. The Morgan fingerprint density at radius 3 is 2.82 bits per heavy atom. The summed E-state index contributed by atoms with van der Waals surface area (Å²) in [6.45, 7) is 1.15. The summed E-state index contributed by atoms with van der Waals surface area (Å²) < 4.78 is 15.5. The molecule has 2 amide bonds. The van der Waals surface area contributed by atoms with Gasteiger partial charge in [0.2, 0.25) is 0 Å². The first-order chi connectivity index (χ1) is 13.6. The van der Waals surface area contributed by atoms with Crippen LogP contribution < -0.4 is 5.32 Å². The van der Waals surface area contributed by atoms with Crippen LogP contribution >= 0.6 is 0 Å². The van der Waals surface area contributed by atoms with E-state index in [0.29, 0.717) is 36.0 Å². The number of carbonyl (C=O) groups is 2. The molecule has 3 aliphatic rings. The van der Waals surface area contributed by atoms with E-state index >= 15 is 0 Å². The maximum absolute atomic E-state index is 13.9. The summed E-state index contributed by atoms with van der Waals surface area (Å²) in [6.07, 6.45) is 4.74. The summed E-state index contributed by atoms with van der Waals surface area (Å²) >= 11 is 0. The van der Waals surface area contributed by atoms with Gasteiger partial charge in [-0.1, -0.05) is 24.6 Å². The lowest BCUT2D eigenvalue weighted by atomic mass is 9.95. The number of amides is 2. The normalized spacial score (nSPS) is 25.8. The van der Waals surface area contributed by atoms with Crippen molar-refractivity contribution in [1.29, 1.82) is 0 Å². The molecule has 0 saturated heterocycles. The first-order valence-corrected chi connectivity index (χ1v) is 10.00. The highest BCUT2D eigenvalue weighted by molar-refractivity contribution is 5.98. The predicted octanol–water partition coefficient (Wildman–Crippen LogP) is 2.60. The molecule has 28 heavy (non-hydrogen) atoms. The molecule has 6 nitrogen and oxygen atoms in total. The van der Waals surface area contributed by atoms with E-state index in [0.717, 1.165) is 12.3 Å². The molecule has 0 radical (unpaired) electrons. The molecule has 2 aliphatic carbocycles. The molecule has 2 saturated carbocycles. The zero-order valence-corrected chi connectivity index (χ0v) is 15.6. The quantitative estimate of drug-likeness (QED) is 0.884. The Morgan fingerprint density at radius 1 is 1.21 bits per heavy atom. The van der Waals surface area contributed by atoms with E-state index in [1.165, 1.54) is 25.3 Å². The van der Waals surface area contributed by atoms with E-state index in [4.69, 9.17) is 0 Å². The Kier molecular flexibility index (Phi) is 4.18. The number of rotatable bonds is 4. The van der Waals surface area contributed by atoms with Crippen LogP contribution in [0, 0.1) is 17.7 Å². The van der Waals surface area contributed by atoms with Gasteiger partial charge in [-0.2, -0.15) is 5.10 Å². The molecule has 3 atom stereocenters. The van der Waals surface area contributed by atoms with E-state index < -0.39 is 0 Å². The molecule has 7 heteroatoms. The van der Waals surface area contributed by atoms with E-state index in [-0.39, 0.29) is 30.2 Å². The second kappa shape index (κ2) is 6.72. The fraction of sp³-hybridized carbons (Fsp3) is 0.476. The number of hydrogen-bond acceptors (Lipinski definition) is 3. The van der Waals surface area contributed by atoms with Gasteiger partial charge in [-0.15, -0.1) is 0 Å². The molecule has 2 aromatic rings. The average molecular weight is 382 g/mol. The smallest absolute Gasteiger partial charge is 0.272 e. The number of nitrogens with zero attached hydrogens (tertiary/aromatic N) is 3. The molecule has 1 aliphatic heterocycles. The molecule has 2 heterocycles. The zero-order valence-electron chi connectivity index (χ0n) is 15.6. The molecule has 5 rings (SSSR count). The lowest BCUT2D eigenvalue weighted by Crippen LogP contribution is -2.40. The number of carbonyl (C=O) groups excluding carboxylic acids is 2. The SMILES string of the molecule is O=C(N[C@H]1C[C@H]2CC[C@H]1C2)c1cc2n(n1)CCN(Cc1ccccc1F)C2=O. The standard InChI is InChI=1S/C21H23FN4O2/c22-16-4-2-1-3-15(16)12-25-7-8-26-19(21(25)28)11-18(24-26)20(27)23-17-10-13-5-6-14(17)9-13/h1-4,11,13-14,17H,5-10,12H2,(H,23,27)/t13-,14-,17-/m0/s1. The molecular formula is C21H23FN4O2. The van der Waals surface area contributed by atoms with Gasteiger partial charge in [0, 0.05) is 30.8 Å². The van der Waals surface area contributed by atoms with E-state index in [9.17, 15) is 14.0 Å². The Labute approximate surface area is 162 Å². The van der Waals surface area contributed by atoms with Crippen molar-refractivity contribution < 1.29 is 14.0 Å². The van der Waals surface area contributed by atoms with Crippen molar-refractivity contribution in [2.45, 2.75) is 44.8 Å². The van der Waals surface area contributed by atoms with Crippen molar-refractivity contribution in [2.24, 2.45) is 11.8 Å². The third-order valence-electron chi connectivity index (χ3n) is 6.47. The topological polar surface area (TPSA) is 67.2 Å². The van der Waals surface area contributed by atoms with Crippen LogP contribution in [0.25, 0.3) is 0 Å². The average Bonchev–Trinajstić information content (AvgIpc) is 3.41. The largest absolute Gasteiger partial charge is 0.348 e. The van der Waals surface area contributed by atoms with Crippen molar-refractivity contribution in [1.82, 2.24) is 20.0 Å². The molecule has 2 bridgehead atoms. The lowest BCUT2D eigenvalue weighted by Gasteiger charge is -2.27. The van der Waals surface area contributed by atoms with Gasteiger partial charge < -0.3 is 10.2 Å². The maximum Gasteiger partial charge on any atom is 0.272 e. The molecule has 0 unspecified atom stereocenters. The highest BCUT2D eigenvalue weighted by Gasteiger charge is 2.40. The van der Waals surface area contributed by atoms with Gasteiger partial charge in [-0.05, 0) is 37.2 Å². The summed E-state index contributed by atoms with van der Waals surface area (Å²) in [5.74, 6) is 0.595. The Hall–Kier alpha value is -2.70. The highest BCUT2D eigenvalue weighted by atomic mass is 19.1. The van der Waals surface area contributed by atoms with Gasteiger partial charge in [-0.25, -0.2) is 4.39 Å². The van der Waals surface area contributed by atoms with Crippen molar-refractivity contribution in [3.05, 3.63) is 53.1 Å². The third kappa shape index (κ3) is 2.99. The Morgan fingerprint density at radius 2 is 2.07 bits per heavy atom. The number of fused-ring (bicyclic) bond motifs is 3. The van der Waals surface area contributed by atoms with Gasteiger partial charge in [0.05, 0.1) is 6.54 Å². The van der Waals surface area contributed by atoms with Gasteiger partial charge in [0.25, 0.3) is 11.8 Å². The number of aromatic nitrogens is 2. The monoisotopic (exact) mass is 382 g/mol. The number of nitrogens with one attached hydrogen (secondary N) is 1. The Bertz CT molecular complexity index is 940. The molecule has 1 N–H and O–H groups in total. The van der Waals surface area contributed by atoms with Gasteiger partial charge in [0.1, 0.15) is 11.5 Å². The number of benzene rings is 1. The zero-order chi connectivity index (χ0) is 19.3. The third-order valence-corrected chi connectivity index (χ3v) is 6.47. The van der Waals surface area contributed by atoms with Gasteiger partial charge >= 0.3 is 0 Å². The minimum Gasteiger partial charge on any atom is -0.348 e. The van der Waals surface area contributed by atoms with Crippen LogP contribution in [0.4, 0.5) is 4.39 Å².